The Morgan fingerprint density at radius 2 is 1.80 bits per heavy atom. The molecule has 1 saturated heterocycles. The monoisotopic (exact) mass is 483 g/mol. The molecule has 3 aromatic carbocycles. The third kappa shape index (κ3) is 4.68. The largest absolute Gasteiger partial charge is 0.497 e. The van der Waals surface area contributed by atoms with Crippen molar-refractivity contribution < 1.29 is 14.3 Å². The molecule has 6 nitrogen and oxygen atoms in total. The average molecular weight is 484 g/mol. The molecule has 3 aromatic rings. The summed E-state index contributed by atoms with van der Waals surface area (Å²) in [5.74, 6) is -0.278. The van der Waals surface area contributed by atoms with Crippen LogP contribution in [0.2, 0.25) is 0 Å². The lowest BCUT2D eigenvalue weighted by molar-refractivity contribution is -0.122. The van der Waals surface area contributed by atoms with E-state index in [-0.39, 0.29) is 10.7 Å². The Kier molecular flexibility index (Phi) is 6.33. The first-order valence-corrected chi connectivity index (χ1v) is 11.9. The lowest BCUT2D eigenvalue weighted by Crippen LogP contribution is -2.54. The van der Waals surface area contributed by atoms with Gasteiger partial charge in [-0.25, -0.2) is 0 Å². The molecule has 1 N–H and O–H groups in total. The second-order valence-electron chi connectivity index (χ2n) is 8.55. The van der Waals surface area contributed by atoms with E-state index in [9.17, 15) is 9.59 Å². The summed E-state index contributed by atoms with van der Waals surface area (Å²) < 4.78 is 5.19. The van der Waals surface area contributed by atoms with Crippen molar-refractivity contribution >= 4 is 46.6 Å². The Labute approximate surface area is 209 Å². The lowest BCUT2D eigenvalue weighted by atomic mass is 9.97. The van der Waals surface area contributed by atoms with E-state index in [1.54, 1.807) is 37.5 Å². The number of anilines is 2. The predicted molar refractivity (Wildman–Crippen MR) is 141 cm³/mol. The van der Waals surface area contributed by atoms with Crippen molar-refractivity contribution in [3.8, 4) is 5.75 Å². The van der Waals surface area contributed by atoms with E-state index in [0.29, 0.717) is 11.4 Å². The van der Waals surface area contributed by atoms with Gasteiger partial charge in [0.05, 0.1) is 12.8 Å². The summed E-state index contributed by atoms with van der Waals surface area (Å²) >= 11 is 5.30. The van der Waals surface area contributed by atoms with Gasteiger partial charge in [-0.05, 0) is 84.2 Å². The fraction of sp³-hybridized carbons (Fsp3) is 0.179. The molecule has 2 aliphatic rings. The summed E-state index contributed by atoms with van der Waals surface area (Å²) in [6, 6.07) is 23.5. The first-order valence-electron chi connectivity index (χ1n) is 11.5. The highest BCUT2D eigenvalue weighted by atomic mass is 32.1. The summed E-state index contributed by atoms with van der Waals surface area (Å²) in [4.78, 5) is 29.7. The molecular formula is C28H25N3O3S. The van der Waals surface area contributed by atoms with Crippen molar-refractivity contribution in [2.75, 3.05) is 23.5 Å². The van der Waals surface area contributed by atoms with E-state index in [1.165, 1.54) is 21.7 Å². The van der Waals surface area contributed by atoms with Crippen LogP contribution in [-0.4, -0.2) is 30.6 Å². The van der Waals surface area contributed by atoms with Crippen molar-refractivity contribution in [2.24, 2.45) is 0 Å². The van der Waals surface area contributed by atoms with Crippen LogP contribution in [0.5, 0.6) is 5.75 Å². The minimum atomic E-state index is -0.492. The zero-order valence-electron chi connectivity index (χ0n) is 19.4. The van der Waals surface area contributed by atoms with Gasteiger partial charge in [0.15, 0.2) is 5.11 Å². The summed E-state index contributed by atoms with van der Waals surface area (Å²) in [6.07, 6.45) is 3.66. The van der Waals surface area contributed by atoms with Gasteiger partial charge in [-0.1, -0.05) is 36.4 Å². The number of fused-ring (bicyclic) bond motifs is 1. The number of hydrogen-bond donors (Lipinski definition) is 1. The molecule has 2 heterocycles. The fourth-order valence-electron chi connectivity index (χ4n) is 4.54. The van der Waals surface area contributed by atoms with Crippen LogP contribution in [0.3, 0.4) is 0 Å². The molecule has 0 radical (unpaired) electrons. The Hall–Kier alpha value is -3.97. The molecule has 0 aliphatic carbocycles. The molecule has 35 heavy (non-hydrogen) atoms. The van der Waals surface area contributed by atoms with Crippen molar-refractivity contribution in [1.29, 1.82) is 0 Å². The van der Waals surface area contributed by atoms with Crippen molar-refractivity contribution in [2.45, 2.75) is 19.4 Å². The molecule has 5 rings (SSSR count). The zero-order chi connectivity index (χ0) is 24.4. The summed E-state index contributed by atoms with van der Waals surface area (Å²) in [7, 11) is 1.58. The number of amides is 2. The topological polar surface area (TPSA) is 61.9 Å². The molecular weight excluding hydrogens is 458 g/mol. The third-order valence-corrected chi connectivity index (χ3v) is 6.56. The molecule has 0 atom stereocenters. The number of ether oxygens (including phenoxy) is 1. The Balaban J connectivity index is 1.42. The average Bonchev–Trinajstić information content (AvgIpc) is 2.87. The van der Waals surface area contributed by atoms with Gasteiger partial charge in [-0.2, -0.15) is 0 Å². The highest BCUT2D eigenvalue weighted by molar-refractivity contribution is 7.80. The maximum Gasteiger partial charge on any atom is 0.270 e. The molecule has 7 heteroatoms. The molecule has 0 saturated carbocycles. The van der Waals surface area contributed by atoms with Crippen LogP contribution in [0.1, 0.15) is 23.1 Å². The van der Waals surface area contributed by atoms with Crippen LogP contribution in [0.15, 0.2) is 78.4 Å². The van der Waals surface area contributed by atoms with Gasteiger partial charge in [0.25, 0.3) is 11.8 Å². The molecule has 2 amide bonds. The minimum Gasteiger partial charge on any atom is -0.497 e. The Morgan fingerprint density at radius 3 is 2.54 bits per heavy atom. The van der Waals surface area contributed by atoms with Crippen LogP contribution in [0, 0.1) is 0 Å². The second kappa shape index (κ2) is 9.72. The van der Waals surface area contributed by atoms with Gasteiger partial charge >= 0.3 is 0 Å². The summed E-state index contributed by atoms with van der Waals surface area (Å²) in [6.45, 7) is 1.85. The van der Waals surface area contributed by atoms with Crippen molar-refractivity contribution in [3.05, 3.63) is 95.1 Å². The molecule has 0 unspecified atom stereocenters. The second-order valence-corrected chi connectivity index (χ2v) is 8.94. The number of thiocarbonyl (C=S) groups is 1. The quantitative estimate of drug-likeness (QED) is 0.329. The number of nitrogens with zero attached hydrogens (tertiary/aromatic N) is 2. The number of aryl methyl sites for hydroxylation is 1. The predicted octanol–water partition coefficient (Wildman–Crippen LogP) is 4.48. The van der Waals surface area contributed by atoms with Crippen LogP contribution >= 0.6 is 12.2 Å². The van der Waals surface area contributed by atoms with Gasteiger partial charge < -0.3 is 9.64 Å². The van der Waals surface area contributed by atoms with Crippen LogP contribution in [0.4, 0.5) is 11.4 Å². The molecule has 0 bridgehead atoms. The number of rotatable bonds is 5. The molecule has 176 valence electrons. The van der Waals surface area contributed by atoms with E-state index in [4.69, 9.17) is 17.0 Å². The lowest BCUT2D eigenvalue weighted by Gasteiger charge is -2.32. The van der Waals surface area contributed by atoms with Gasteiger partial charge in [0.1, 0.15) is 11.3 Å². The maximum absolute atomic E-state index is 13.3. The fourth-order valence-corrected chi connectivity index (χ4v) is 4.82. The van der Waals surface area contributed by atoms with E-state index in [2.05, 4.69) is 46.6 Å². The van der Waals surface area contributed by atoms with Crippen molar-refractivity contribution in [1.82, 2.24) is 5.32 Å². The van der Waals surface area contributed by atoms with Crippen LogP contribution in [-0.2, 0) is 22.6 Å². The first-order chi connectivity index (χ1) is 17.0. The number of carbonyl (C=O) groups excluding carboxylic acids is 2. The molecule has 1 fully saturated rings. The molecule has 0 spiro atoms. The van der Waals surface area contributed by atoms with Crippen molar-refractivity contribution in [3.63, 3.8) is 0 Å². The van der Waals surface area contributed by atoms with Gasteiger partial charge in [0, 0.05) is 18.8 Å². The Bertz CT molecular complexity index is 1320. The highest BCUT2D eigenvalue weighted by Crippen LogP contribution is 2.31. The van der Waals surface area contributed by atoms with Gasteiger partial charge in [0.2, 0.25) is 0 Å². The molecule has 2 aliphatic heterocycles. The Morgan fingerprint density at radius 1 is 1.03 bits per heavy atom. The van der Waals surface area contributed by atoms with Crippen LogP contribution < -0.4 is 19.9 Å². The molecule has 0 aromatic heterocycles. The van der Waals surface area contributed by atoms with Gasteiger partial charge in [-0.3, -0.25) is 19.8 Å². The third-order valence-electron chi connectivity index (χ3n) is 6.28. The van der Waals surface area contributed by atoms with Crippen LogP contribution in [0.25, 0.3) is 6.08 Å². The van der Waals surface area contributed by atoms with E-state index in [0.717, 1.165) is 31.5 Å². The number of nitrogens with one attached hydrogen (secondary N) is 1. The van der Waals surface area contributed by atoms with E-state index >= 15 is 0 Å². The minimum absolute atomic E-state index is 0.0475. The zero-order valence-corrected chi connectivity index (χ0v) is 20.2. The van der Waals surface area contributed by atoms with Gasteiger partial charge in [-0.15, -0.1) is 0 Å². The number of methoxy groups -OCH3 is 1. The normalized spacial score (nSPS) is 16.8. The highest BCUT2D eigenvalue weighted by Gasteiger charge is 2.34. The summed E-state index contributed by atoms with van der Waals surface area (Å²) in [5, 5.41) is 2.70. The smallest absolute Gasteiger partial charge is 0.270 e. The standard InChI is InChI=1S/C28H25N3O3S/c1-34-23-12-10-22(11-13-23)31-27(33)24(26(32)29-28(31)35)17-20-9-14-25-21(16-20)8-5-15-30(25)18-19-6-3-2-4-7-19/h2-4,6-7,9-14,16-17H,5,8,15,18H2,1H3,(H,29,32,35)/b24-17+. The number of benzene rings is 3. The number of hydrogen-bond acceptors (Lipinski definition) is 5. The number of carbonyl (C=O) groups is 2. The summed E-state index contributed by atoms with van der Waals surface area (Å²) in [5.41, 5.74) is 5.10. The first kappa shape index (κ1) is 22.8. The maximum atomic E-state index is 13.3. The van der Waals surface area contributed by atoms with E-state index < -0.39 is 11.8 Å². The SMILES string of the molecule is COc1ccc(N2C(=O)/C(=C/c3ccc4c(c3)CCCN4Cc3ccccc3)C(=O)NC2=S)cc1. The van der Waals surface area contributed by atoms with E-state index in [1.807, 2.05) is 12.1 Å².